The second-order valence-electron chi connectivity index (χ2n) is 4.58. The first kappa shape index (κ1) is 12.7. The number of benzene rings is 2. The van der Waals surface area contributed by atoms with Crippen LogP contribution in [0.2, 0.25) is 0 Å². The SMILES string of the molecule is Nc1ncc(C(S)c2ccc3ccccc3c2)c(N)n1. The van der Waals surface area contributed by atoms with Gasteiger partial charge in [-0.2, -0.15) is 17.6 Å². The Bertz CT molecular complexity index is 773. The highest BCUT2D eigenvalue weighted by molar-refractivity contribution is 7.80. The largest absolute Gasteiger partial charge is 0.383 e. The molecular weight excluding hydrogens is 268 g/mol. The standard InChI is InChI=1S/C15H14N4S/c16-14-12(8-18-15(17)19-14)13(20)11-6-5-9-3-1-2-4-10(9)7-11/h1-8,13,20H,(H4,16,17,18,19). The Balaban J connectivity index is 2.05. The van der Waals surface area contributed by atoms with Crippen LogP contribution in [0.5, 0.6) is 0 Å². The van der Waals surface area contributed by atoms with E-state index in [9.17, 15) is 0 Å². The van der Waals surface area contributed by atoms with Gasteiger partial charge in [0, 0.05) is 11.8 Å². The van der Waals surface area contributed by atoms with E-state index in [-0.39, 0.29) is 11.2 Å². The predicted molar refractivity (Wildman–Crippen MR) is 85.6 cm³/mol. The Morgan fingerprint density at radius 1 is 1.00 bits per heavy atom. The molecule has 3 aromatic rings. The highest BCUT2D eigenvalue weighted by Gasteiger charge is 2.14. The highest BCUT2D eigenvalue weighted by atomic mass is 32.1. The van der Waals surface area contributed by atoms with Crippen molar-refractivity contribution in [1.82, 2.24) is 9.97 Å². The fraction of sp³-hybridized carbons (Fsp3) is 0.0667. The molecule has 0 aliphatic carbocycles. The Labute approximate surface area is 122 Å². The molecule has 4 N–H and O–H groups in total. The maximum atomic E-state index is 5.89. The van der Waals surface area contributed by atoms with Crippen LogP contribution in [0.1, 0.15) is 16.4 Å². The molecule has 100 valence electrons. The molecule has 1 unspecified atom stereocenters. The normalized spacial score (nSPS) is 12.4. The maximum Gasteiger partial charge on any atom is 0.221 e. The van der Waals surface area contributed by atoms with Gasteiger partial charge in [0.05, 0.1) is 5.25 Å². The molecule has 4 nitrogen and oxygen atoms in total. The second kappa shape index (κ2) is 5.02. The lowest BCUT2D eigenvalue weighted by Crippen LogP contribution is -2.05. The molecule has 1 atom stereocenters. The van der Waals surface area contributed by atoms with Gasteiger partial charge in [-0.25, -0.2) is 4.98 Å². The predicted octanol–water partition coefficient (Wildman–Crippen LogP) is 2.81. The van der Waals surface area contributed by atoms with Crippen LogP contribution in [0.3, 0.4) is 0 Å². The van der Waals surface area contributed by atoms with E-state index in [0.717, 1.165) is 11.1 Å². The van der Waals surface area contributed by atoms with Gasteiger partial charge in [0.2, 0.25) is 5.95 Å². The van der Waals surface area contributed by atoms with E-state index in [1.807, 2.05) is 18.2 Å². The number of hydrogen-bond donors (Lipinski definition) is 3. The smallest absolute Gasteiger partial charge is 0.221 e. The molecule has 5 heteroatoms. The topological polar surface area (TPSA) is 77.8 Å². The molecule has 1 aromatic heterocycles. The minimum absolute atomic E-state index is 0.172. The number of nitrogens with two attached hydrogens (primary N) is 2. The molecule has 0 aliphatic rings. The zero-order valence-electron chi connectivity index (χ0n) is 10.7. The summed E-state index contributed by atoms with van der Waals surface area (Å²) in [6, 6.07) is 14.4. The van der Waals surface area contributed by atoms with Crippen molar-refractivity contribution in [2.45, 2.75) is 5.25 Å². The molecular formula is C15H14N4S. The van der Waals surface area contributed by atoms with Crippen molar-refractivity contribution >= 4 is 35.2 Å². The number of rotatable bonds is 2. The lowest BCUT2D eigenvalue weighted by atomic mass is 10.0. The summed E-state index contributed by atoms with van der Waals surface area (Å²) >= 11 is 4.64. The molecule has 0 aliphatic heterocycles. The third-order valence-electron chi connectivity index (χ3n) is 3.25. The summed E-state index contributed by atoms with van der Waals surface area (Å²) in [7, 11) is 0. The van der Waals surface area contributed by atoms with Gasteiger partial charge in [-0.1, -0.05) is 36.4 Å². The number of nitrogens with zero attached hydrogens (tertiary/aromatic N) is 2. The van der Waals surface area contributed by atoms with E-state index < -0.39 is 0 Å². The maximum absolute atomic E-state index is 5.89. The van der Waals surface area contributed by atoms with Crippen molar-refractivity contribution in [1.29, 1.82) is 0 Å². The third-order valence-corrected chi connectivity index (χ3v) is 3.83. The van der Waals surface area contributed by atoms with Gasteiger partial charge < -0.3 is 11.5 Å². The first-order valence-corrected chi connectivity index (χ1v) is 6.71. The van der Waals surface area contributed by atoms with E-state index in [2.05, 4.69) is 46.9 Å². The molecule has 0 saturated heterocycles. The van der Waals surface area contributed by atoms with Crippen molar-refractivity contribution in [3.63, 3.8) is 0 Å². The van der Waals surface area contributed by atoms with Crippen LogP contribution in [0, 0.1) is 0 Å². The molecule has 0 fully saturated rings. The summed E-state index contributed by atoms with van der Waals surface area (Å²) in [4.78, 5) is 7.96. The van der Waals surface area contributed by atoms with Crippen LogP contribution in [0.15, 0.2) is 48.7 Å². The van der Waals surface area contributed by atoms with Gasteiger partial charge in [-0.15, -0.1) is 0 Å². The molecule has 0 bridgehead atoms. The van der Waals surface area contributed by atoms with Gasteiger partial charge in [-0.05, 0) is 22.4 Å². The molecule has 1 heterocycles. The zero-order valence-corrected chi connectivity index (χ0v) is 11.6. The van der Waals surface area contributed by atoms with Crippen LogP contribution < -0.4 is 11.5 Å². The lowest BCUT2D eigenvalue weighted by Gasteiger charge is -2.14. The van der Waals surface area contributed by atoms with Crippen molar-refractivity contribution in [2.24, 2.45) is 0 Å². The van der Waals surface area contributed by atoms with Crippen molar-refractivity contribution < 1.29 is 0 Å². The van der Waals surface area contributed by atoms with Crippen molar-refractivity contribution in [3.8, 4) is 0 Å². The first-order chi connectivity index (χ1) is 9.65. The number of hydrogen-bond acceptors (Lipinski definition) is 5. The van der Waals surface area contributed by atoms with Gasteiger partial charge in [0.25, 0.3) is 0 Å². The minimum atomic E-state index is -0.180. The van der Waals surface area contributed by atoms with E-state index in [1.54, 1.807) is 6.20 Å². The van der Waals surface area contributed by atoms with E-state index in [1.165, 1.54) is 10.8 Å². The molecule has 0 amide bonds. The number of anilines is 2. The fourth-order valence-electron chi connectivity index (χ4n) is 2.19. The minimum Gasteiger partial charge on any atom is -0.383 e. The van der Waals surface area contributed by atoms with Crippen LogP contribution in [0.25, 0.3) is 10.8 Å². The summed E-state index contributed by atoms with van der Waals surface area (Å²) in [6.07, 6.45) is 1.63. The number of thiol groups is 1. The molecule has 0 saturated carbocycles. The Morgan fingerprint density at radius 2 is 1.75 bits per heavy atom. The molecule has 2 aromatic carbocycles. The monoisotopic (exact) mass is 282 g/mol. The average molecular weight is 282 g/mol. The van der Waals surface area contributed by atoms with E-state index >= 15 is 0 Å². The summed E-state index contributed by atoms with van der Waals surface area (Å²) in [5.41, 5.74) is 13.2. The van der Waals surface area contributed by atoms with Crippen LogP contribution >= 0.6 is 12.6 Å². The van der Waals surface area contributed by atoms with Crippen LogP contribution in [-0.4, -0.2) is 9.97 Å². The highest BCUT2D eigenvalue weighted by Crippen LogP contribution is 2.32. The summed E-state index contributed by atoms with van der Waals surface area (Å²) < 4.78 is 0. The quantitative estimate of drug-likeness (QED) is 0.632. The van der Waals surface area contributed by atoms with Gasteiger partial charge in [0.1, 0.15) is 5.82 Å². The Morgan fingerprint density at radius 3 is 2.50 bits per heavy atom. The van der Waals surface area contributed by atoms with E-state index in [0.29, 0.717) is 5.82 Å². The molecule has 0 spiro atoms. The fourth-order valence-corrected chi connectivity index (χ4v) is 2.55. The molecule has 20 heavy (non-hydrogen) atoms. The Hall–Kier alpha value is -2.27. The van der Waals surface area contributed by atoms with Crippen molar-refractivity contribution in [2.75, 3.05) is 11.5 Å². The second-order valence-corrected chi connectivity index (χ2v) is 5.09. The molecule has 0 radical (unpaired) electrons. The first-order valence-electron chi connectivity index (χ1n) is 6.20. The number of fused-ring (bicyclic) bond motifs is 1. The lowest BCUT2D eigenvalue weighted by molar-refractivity contribution is 1.08. The molecule has 3 rings (SSSR count). The summed E-state index contributed by atoms with van der Waals surface area (Å²) in [5.74, 6) is 0.538. The average Bonchev–Trinajstić information content (AvgIpc) is 2.46. The Kier molecular flexibility index (Phi) is 3.20. The third kappa shape index (κ3) is 2.28. The van der Waals surface area contributed by atoms with Crippen LogP contribution in [0.4, 0.5) is 11.8 Å². The van der Waals surface area contributed by atoms with Crippen molar-refractivity contribution in [3.05, 3.63) is 59.8 Å². The zero-order chi connectivity index (χ0) is 14.1. The van der Waals surface area contributed by atoms with Gasteiger partial charge in [0.15, 0.2) is 0 Å². The summed E-state index contributed by atoms with van der Waals surface area (Å²) in [5, 5.41) is 2.18. The van der Waals surface area contributed by atoms with Gasteiger partial charge in [-0.3, -0.25) is 0 Å². The van der Waals surface area contributed by atoms with E-state index in [4.69, 9.17) is 11.5 Å². The summed E-state index contributed by atoms with van der Waals surface area (Å²) in [6.45, 7) is 0. The number of aromatic nitrogens is 2. The number of nitrogen functional groups attached to an aromatic ring is 2. The van der Waals surface area contributed by atoms with Gasteiger partial charge >= 0.3 is 0 Å². The van der Waals surface area contributed by atoms with Crippen LogP contribution in [-0.2, 0) is 0 Å².